The molecule has 0 fully saturated rings. The monoisotopic (exact) mass is 398 g/mol. The summed E-state index contributed by atoms with van der Waals surface area (Å²) in [6.07, 6.45) is 8.20. The van der Waals surface area contributed by atoms with E-state index in [2.05, 4.69) is 25.9 Å². The van der Waals surface area contributed by atoms with Crippen LogP contribution in [0, 0.1) is 0 Å². The number of imidazole rings is 2. The van der Waals surface area contributed by atoms with Crippen molar-refractivity contribution in [1.29, 1.82) is 0 Å². The third-order valence-electron chi connectivity index (χ3n) is 4.13. The number of nitrogens with zero attached hydrogens (tertiary/aromatic N) is 5. The van der Waals surface area contributed by atoms with Gasteiger partial charge in [0.15, 0.2) is 11.6 Å². The Kier molecular flexibility index (Phi) is 5.77. The molecule has 0 spiro atoms. The Hall–Kier alpha value is -3.89. The van der Waals surface area contributed by atoms with Crippen LogP contribution in [-0.2, 0) is 25.9 Å². The summed E-state index contributed by atoms with van der Waals surface area (Å²) in [4.78, 5) is 44.5. The first-order valence-electron chi connectivity index (χ1n) is 8.84. The number of nitrogens with one attached hydrogen (secondary N) is 3. The minimum atomic E-state index is -0.374. The van der Waals surface area contributed by atoms with Gasteiger partial charge in [-0.05, 0) is 6.07 Å². The fourth-order valence-electron chi connectivity index (χ4n) is 2.69. The molecular weight excluding hydrogens is 376 g/mol. The maximum Gasteiger partial charge on any atom is 0.291 e. The molecule has 3 heterocycles. The van der Waals surface area contributed by atoms with Gasteiger partial charge < -0.3 is 29.7 Å². The minimum absolute atomic E-state index is 0.107. The Morgan fingerprint density at radius 3 is 2.45 bits per heavy atom. The van der Waals surface area contributed by atoms with E-state index >= 15 is 0 Å². The lowest BCUT2D eigenvalue weighted by atomic mass is 10.3. The molecule has 0 aliphatic rings. The van der Waals surface area contributed by atoms with Crippen LogP contribution in [0.3, 0.4) is 0 Å². The molecule has 0 saturated heterocycles. The minimum Gasteiger partial charge on any atom is -0.350 e. The van der Waals surface area contributed by atoms with Crippen molar-refractivity contribution in [2.75, 3.05) is 17.2 Å². The first kappa shape index (κ1) is 19.9. The summed E-state index contributed by atoms with van der Waals surface area (Å²) in [6.45, 7) is 0.164. The molecule has 11 nitrogen and oxygen atoms in total. The lowest BCUT2D eigenvalue weighted by molar-refractivity contribution is -0.116. The molecule has 3 aromatic heterocycles. The molecule has 3 aromatic rings. The molecule has 0 saturated carbocycles. The van der Waals surface area contributed by atoms with Crippen LogP contribution in [0.15, 0.2) is 37.2 Å². The van der Waals surface area contributed by atoms with Gasteiger partial charge in [0.25, 0.3) is 11.8 Å². The van der Waals surface area contributed by atoms with Gasteiger partial charge in [-0.15, -0.1) is 0 Å². The second kappa shape index (κ2) is 8.42. The van der Waals surface area contributed by atoms with Crippen LogP contribution in [0.4, 0.5) is 11.5 Å². The standard InChI is InChI=1S/C18H22N8O3/c1-24-10-14(21-11-24)23-15(27)4-5-20-17(28)13-8-12(9-26(13)3)22-18(29)16-19-6-7-25(16)2/h6-11H,4-5H2,1-3H3,(H,20,28)(H,22,29)(H,23,27). The molecule has 0 unspecified atom stereocenters. The van der Waals surface area contributed by atoms with Gasteiger partial charge in [-0.25, -0.2) is 9.97 Å². The molecule has 0 atom stereocenters. The van der Waals surface area contributed by atoms with Crippen molar-refractivity contribution in [3.8, 4) is 0 Å². The van der Waals surface area contributed by atoms with Crippen LogP contribution >= 0.6 is 0 Å². The molecule has 3 amide bonds. The first-order chi connectivity index (χ1) is 13.8. The van der Waals surface area contributed by atoms with E-state index in [9.17, 15) is 14.4 Å². The number of hydrogen-bond acceptors (Lipinski definition) is 5. The van der Waals surface area contributed by atoms with Crippen LogP contribution in [0.5, 0.6) is 0 Å². The van der Waals surface area contributed by atoms with Gasteiger partial charge >= 0.3 is 0 Å². The highest BCUT2D eigenvalue weighted by atomic mass is 16.2. The summed E-state index contributed by atoms with van der Waals surface area (Å²) in [7, 11) is 5.21. The van der Waals surface area contributed by atoms with E-state index < -0.39 is 0 Å². The lowest BCUT2D eigenvalue weighted by Crippen LogP contribution is -2.29. The van der Waals surface area contributed by atoms with Crippen LogP contribution in [-0.4, -0.2) is 47.9 Å². The van der Waals surface area contributed by atoms with Gasteiger partial charge in [-0.1, -0.05) is 0 Å². The molecule has 152 valence electrons. The number of carbonyl (C=O) groups is 3. The van der Waals surface area contributed by atoms with Crippen molar-refractivity contribution < 1.29 is 14.4 Å². The van der Waals surface area contributed by atoms with E-state index in [0.29, 0.717) is 17.2 Å². The van der Waals surface area contributed by atoms with E-state index in [4.69, 9.17) is 0 Å². The highest BCUT2D eigenvalue weighted by Gasteiger charge is 2.16. The number of aryl methyl sites for hydroxylation is 3. The smallest absolute Gasteiger partial charge is 0.291 e. The molecule has 29 heavy (non-hydrogen) atoms. The topological polar surface area (TPSA) is 128 Å². The van der Waals surface area contributed by atoms with Crippen LogP contribution < -0.4 is 16.0 Å². The van der Waals surface area contributed by atoms with E-state index in [1.807, 2.05) is 0 Å². The molecule has 0 aromatic carbocycles. The second-order valence-electron chi connectivity index (χ2n) is 6.52. The maximum absolute atomic E-state index is 12.4. The van der Waals surface area contributed by atoms with E-state index in [1.54, 1.807) is 65.8 Å². The van der Waals surface area contributed by atoms with E-state index in [1.165, 1.54) is 6.20 Å². The zero-order chi connectivity index (χ0) is 21.0. The lowest BCUT2D eigenvalue weighted by Gasteiger charge is -2.06. The fourth-order valence-corrected chi connectivity index (χ4v) is 2.69. The quantitative estimate of drug-likeness (QED) is 0.534. The Bertz CT molecular complexity index is 1050. The van der Waals surface area contributed by atoms with Crippen molar-refractivity contribution in [2.24, 2.45) is 21.1 Å². The normalized spacial score (nSPS) is 10.6. The van der Waals surface area contributed by atoms with Gasteiger partial charge in [0.05, 0.1) is 12.0 Å². The summed E-state index contributed by atoms with van der Waals surface area (Å²) in [5, 5.41) is 8.05. The number of hydrogen-bond donors (Lipinski definition) is 3. The summed E-state index contributed by atoms with van der Waals surface area (Å²) >= 11 is 0. The Labute approximate surface area is 166 Å². The molecule has 0 aliphatic carbocycles. The van der Waals surface area contributed by atoms with Gasteiger partial charge in [-0.2, -0.15) is 0 Å². The molecule has 0 radical (unpaired) electrons. The van der Waals surface area contributed by atoms with Crippen molar-refractivity contribution in [1.82, 2.24) is 29.0 Å². The summed E-state index contributed by atoms with van der Waals surface area (Å²) < 4.78 is 4.91. The summed E-state index contributed by atoms with van der Waals surface area (Å²) in [6, 6.07) is 1.56. The maximum atomic E-state index is 12.4. The molecule has 11 heteroatoms. The second-order valence-corrected chi connectivity index (χ2v) is 6.52. The van der Waals surface area contributed by atoms with E-state index in [-0.39, 0.29) is 36.5 Å². The molecule has 0 bridgehead atoms. The number of anilines is 2. The van der Waals surface area contributed by atoms with Gasteiger partial charge in [-0.3, -0.25) is 14.4 Å². The van der Waals surface area contributed by atoms with Gasteiger partial charge in [0.1, 0.15) is 5.69 Å². The largest absolute Gasteiger partial charge is 0.350 e. The number of carbonyl (C=O) groups excluding carboxylic acids is 3. The van der Waals surface area contributed by atoms with Crippen molar-refractivity contribution in [2.45, 2.75) is 6.42 Å². The highest BCUT2D eigenvalue weighted by molar-refractivity contribution is 6.03. The molecule has 3 N–H and O–H groups in total. The van der Waals surface area contributed by atoms with Crippen LogP contribution in [0.1, 0.15) is 27.5 Å². The Balaban J connectivity index is 1.51. The molecule has 0 aliphatic heterocycles. The van der Waals surface area contributed by atoms with Crippen molar-refractivity contribution in [3.05, 3.63) is 48.7 Å². The third-order valence-corrected chi connectivity index (χ3v) is 4.13. The highest BCUT2D eigenvalue weighted by Crippen LogP contribution is 2.14. The summed E-state index contributed by atoms with van der Waals surface area (Å²) in [5.74, 6) is -0.256. The average Bonchev–Trinajstić information content (AvgIpc) is 3.35. The average molecular weight is 398 g/mol. The predicted molar refractivity (Wildman–Crippen MR) is 105 cm³/mol. The van der Waals surface area contributed by atoms with Crippen molar-refractivity contribution >= 4 is 29.2 Å². The first-order valence-corrected chi connectivity index (χ1v) is 8.84. The third kappa shape index (κ3) is 4.89. The number of aromatic nitrogens is 5. The van der Waals surface area contributed by atoms with Gasteiger partial charge in [0.2, 0.25) is 5.91 Å². The number of rotatable bonds is 7. The van der Waals surface area contributed by atoms with Crippen LogP contribution in [0.25, 0.3) is 0 Å². The van der Waals surface area contributed by atoms with Crippen molar-refractivity contribution in [3.63, 3.8) is 0 Å². The zero-order valence-electron chi connectivity index (χ0n) is 16.3. The Morgan fingerprint density at radius 2 is 1.79 bits per heavy atom. The SMILES string of the molecule is Cn1cnc(NC(=O)CCNC(=O)c2cc(NC(=O)c3nccn3C)cn2C)c1. The predicted octanol–water partition coefficient (Wildman–Crippen LogP) is 0.503. The molecular formula is C18H22N8O3. The number of amides is 3. The zero-order valence-corrected chi connectivity index (χ0v) is 16.3. The summed E-state index contributed by atoms with van der Waals surface area (Å²) in [5.41, 5.74) is 0.823. The van der Waals surface area contributed by atoms with Crippen LogP contribution in [0.2, 0.25) is 0 Å². The van der Waals surface area contributed by atoms with E-state index in [0.717, 1.165) is 0 Å². The Morgan fingerprint density at radius 1 is 1.00 bits per heavy atom. The van der Waals surface area contributed by atoms with Gasteiger partial charge in [0, 0.05) is 58.9 Å². The molecule has 3 rings (SSSR count). The fraction of sp³-hybridized carbons (Fsp3) is 0.278.